The molecule has 0 aliphatic heterocycles. The number of allylic oxidation sites excluding steroid dienone is 5. The summed E-state index contributed by atoms with van der Waals surface area (Å²) in [5, 5.41) is 0. The molecule has 0 aromatic rings. The van der Waals surface area contributed by atoms with Crippen LogP contribution in [0.15, 0.2) is 36.0 Å². The van der Waals surface area contributed by atoms with Crippen molar-refractivity contribution in [2.24, 2.45) is 0 Å². The van der Waals surface area contributed by atoms with E-state index in [2.05, 4.69) is 6.58 Å². The van der Waals surface area contributed by atoms with Crippen LogP contribution in [0, 0.1) is 0 Å². The van der Waals surface area contributed by atoms with E-state index in [1.807, 2.05) is 0 Å². The van der Waals surface area contributed by atoms with Gasteiger partial charge >= 0.3 is 0 Å². The first-order valence-corrected chi connectivity index (χ1v) is 3.25. The minimum atomic E-state index is -0.150. The average molecular weight is 148 g/mol. The highest BCUT2D eigenvalue weighted by molar-refractivity contribution is 6.19. The second-order valence-electron chi connectivity index (χ2n) is 2.44. The fraction of sp³-hybridized carbons (Fsp3) is 0.111. The van der Waals surface area contributed by atoms with Gasteiger partial charge in [0.25, 0.3) is 0 Å². The van der Waals surface area contributed by atoms with Gasteiger partial charge in [0.05, 0.1) is 0 Å². The first-order valence-electron chi connectivity index (χ1n) is 3.25. The SMILES string of the molecule is C=C(C)C1=CC(=O)C=CC1=O. The first kappa shape index (κ1) is 7.66. The van der Waals surface area contributed by atoms with E-state index in [4.69, 9.17) is 0 Å². The van der Waals surface area contributed by atoms with Gasteiger partial charge in [0.2, 0.25) is 0 Å². The van der Waals surface area contributed by atoms with Crippen LogP contribution in [-0.4, -0.2) is 11.6 Å². The molecule has 1 rings (SSSR count). The summed E-state index contributed by atoms with van der Waals surface area (Å²) in [4.78, 5) is 21.8. The molecule has 0 fully saturated rings. The zero-order valence-electron chi connectivity index (χ0n) is 6.26. The molecular formula is C9H8O2. The fourth-order valence-corrected chi connectivity index (χ4v) is 0.843. The third-order valence-corrected chi connectivity index (χ3v) is 1.41. The van der Waals surface area contributed by atoms with Gasteiger partial charge in [0.15, 0.2) is 11.6 Å². The molecule has 0 aromatic carbocycles. The van der Waals surface area contributed by atoms with Crippen molar-refractivity contribution in [2.75, 3.05) is 0 Å². The van der Waals surface area contributed by atoms with E-state index in [-0.39, 0.29) is 11.6 Å². The third kappa shape index (κ3) is 1.52. The topological polar surface area (TPSA) is 34.1 Å². The van der Waals surface area contributed by atoms with Crippen molar-refractivity contribution in [3.05, 3.63) is 36.0 Å². The smallest absolute Gasteiger partial charge is 0.186 e. The standard InChI is InChI=1S/C9H8O2/c1-6(2)8-5-7(10)3-4-9(8)11/h3-5H,1H2,2H3. The molecule has 0 heterocycles. The number of rotatable bonds is 1. The lowest BCUT2D eigenvalue weighted by Gasteiger charge is -2.04. The fourth-order valence-electron chi connectivity index (χ4n) is 0.843. The molecular weight excluding hydrogens is 140 g/mol. The van der Waals surface area contributed by atoms with E-state index < -0.39 is 0 Å². The third-order valence-electron chi connectivity index (χ3n) is 1.41. The molecule has 0 atom stereocenters. The van der Waals surface area contributed by atoms with Crippen LogP contribution in [0.5, 0.6) is 0 Å². The molecule has 0 amide bonds. The zero-order chi connectivity index (χ0) is 8.43. The summed E-state index contributed by atoms with van der Waals surface area (Å²) in [5.74, 6) is -0.292. The Kier molecular flexibility index (Phi) is 1.85. The molecule has 0 unspecified atom stereocenters. The van der Waals surface area contributed by atoms with Gasteiger partial charge in [-0.2, -0.15) is 0 Å². The highest BCUT2D eigenvalue weighted by atomic mass is 16.1. The van der Waals surface area contributed by atoms with Crippen molar-refractivity contribution in [1.29, 1.82) is 0 Å². The van der Waals surface area contributed by atoms with Gasteiger partial charge in [-0.25, -0.2) is 0 Å². The lowest BCUT2D eigenvalue weighted by Crippen LogP contribution is -2.07. The van der Waals surface area contributed by atoms with Gasteiger partial charge in [0.1, 0.15) is 0 Å². The Morgan fingerprint density at radius 3 is 2.45 bits per heavy atom. The van der Waals surface area contributed by atoms with Crippen LogP contribution in [0.25, 0.3) is 0 Å². The summed E-state index contributed by atoms with van der Waals surface area (Å²) in [5.41, 5.74) is 1.05. The van der Waals surface area contributed by atoms with Crippen molar-refractivity contribution in [1.82, 2.24) is 0 Å². The quantitative estimate of drug-likeness (QED) is 0.523. The van der Waals surface area contributed by atoms with Gasteiger partial charge < -0.3 is 0 Å². The maximum atomic E-state index is 11.0. The summed E-state index contributed by atoms with van der Waals surface area (Å²) in [6.45, 7) is 5.29. The first-order chi connectivity index (χ1) is 5.11. The molecule has 0 saturated carbocycles. The predicted molar refractivity (Wildman–Crippen MR) is 42.1 cm³/mol. The van der Waals surface area contributed by atoms with Gasteiger partial charge in [-0.1, -0.05) is 6.58 Å². The summed E-state index contributed by atoms with van der Waals surface area (Å²) in [7, 11) is 0. The van der Waals surface area contributed by atoms with Crippen molar-refractivity contribution in [3.63, 3.8) is 0 Å². The van der Waals surface area contributed by atoms with Crippen molar-refractivity contribution >= 4 is 11.6 Å². The normalized spacial score (nSPS) is 16.6. The van der Waals surface area contributed by atoms with Gasteiger partial charge in [-0.15, -0.1) is 0 Å². The Hall–Kier alpha value is -1.44. The molecule has 0 N–H and O–H groups in total. The molecule has 0 saturated heterocycles. The van der Waals surface area contributed by atoms with Gasteiger partial charge in [-0.05, 0) is 30.7 Å². The lowest BCUT2D eigenvalue weighted by atomic mass is 9.99. The molecule has 0 radical (unpaired) electrons. The number of carbonyl (C=O) groups is 2. The number of carbonyl (C=O) groups excluding carboxylic acids is 2. The van der Waals surface area contributed by atoms with E-state index >= 15 is 0 Å². The van der Waals surface area contributed by atoms with Gasteiger partial charge in [-0.3, -0.25) is 9.59 Å². The largest absolute Gasteiger partial charge is 0.290 e. The number of ketones is 2. The van der Waals surface area contributed by atoms with Gasteiger partial charge in [0, 0.05) is 5.57 Å². The minimum Gasteiger partial charge on any atom is -0.290 e. The molecule has 1 aliphatic rings. The molecule has 11 heavy (non-hydrogen) atoms. The number of hydrogen-bond acceptors (Lipinski definition) is 2. The van der Waals surface area contributed by atoms with Crippen LogP contribution >= 0.6 is 0 Å². The highest BCUT2D eigenvalue weighted by Gasteiger charge is 2.12. The van der Waals surface area contributed by atoms with E-state index in [9.17, 15) is 9.59 Å². The summed E-state index contributed by atoms with van der Waals surface area (Å²) >= 11 is 0. The van der Waals surface area contributed by atoms with E-state index in [1.165, 1.54) is 18.2 Å². The Bertz CT molecular complexity index is 293. The highest BCUT2D eigenvalue weighted by Crippen LogP contribution is 2.12. The predicted octanol–water partition coefficient (Wildman–Crippen LogP) is 1.20. The second kappa shape index (κ2) is 2.66. The van der Waals surface area contributed by atoms with Crippen LogP contribution in [0.2, 0.25) is 0 Å². The monoisotopic (exact) mass is 148 g/mol. The molecule has 2 heteroatoms. The Labute approximate surface area is 64.9 Å². The van der Waals surface area contributed by atoms with E-state index in [1.54, 1.807) is 6.92 Å². The molecule has 0 spiro atoms. The molecule has 0 bridgehead atoms. The Morgan fingerprint density at radius 1 is 1.36 bits per heavy atom. The molecule has 2 nitrogen and oxygen atoms in total. The van der Waals surface area contributed by atoms with Crippen LogP contribution in [0.3, 0.4) is 0 Å². The van der Waals surface area contributed by atoms with Crippen molar-refractivity contribution < 1.29 is 9.59 Å². The second-order valence-corrected chi connectivity index (χ2v) is 2.44. The van der Waals surface area contributed by atoms with Crippen LogP contribution in [0.1, 0.15) is 6.92 Å². The summed E-state index contributed by atoms with van der Waals surface area (Å²) in [6.07, 6.45) is 3.84. The summed E-state index contributed by atoms with van der Waals surface area (Å²) in [6, 6.07) is 0. The minimum absolute atomic E-state index is 0.142. The van der Waals surface area contributed by atoms with Crippen LogP contribution < -0.4 is 0 Å². The number of hydrogen-bond donors (Lipinski definition) is 0. The summed E-state index contributed by atoms with van der Waals surface area (Å²) < 4.78 is 0. The lowest BCUT2D eigenvalue weighted by molar-refractivity contribution is -0.114. The van der Waals surface area contributed by atoms with Crippen molar-refractivity contribution in [3.8, 4) is 0 Å². The molecule has 1 aliphatic carbocycles. The average Bonchev–Trinajstić information content (AvgIpc) is 1.94. The van der Waals surface area contributed by atoms with Crippen molar-refractivity contribution in [2.45, 2.75) is 6.92 Å². The molecule has 0 aromatic heterocycles. The Balaban J connectivity index is 3.03. The molecule has 56 valence electrons. The maximum absolute atomic E-state index is 11.0. The van der Waals surface area contributed by atoms with E-state index in [0.717, 1.165) is 0 Å². The van der Waals surface area contributed by atoms with Crippen LogP contribution in [0.4, 0.5) is 0 Å². The van der Waals surface area contributed by atoms with E-state index in [0.29, 0.717) is 11.1 Å². The Morgan fingerprint density at radius 2 is 2.00 bits per heavy atom. The maximum Gasteiger partial charge on any atom is 0.186 e. The zero-order valence-corrected chi connectivity index (χ0v) is 6.26. The van der Waals surface area contributed by atoms with Crippen LogP contribution in [-0.2, 0) is 9.59 Å².